The summed E-state index contributed by atoms with van der Waals surface area (Å²) >= 11 is 3.21. The van der Waals surface area contributed by atoms with Crippen molar-refractivity contribution in [2.75, 3.05) is 5.43 Å². The summed E-state index contributed by atoms with van der Waals surface area (Å²) < 4.78 is 37.9. The molecular weight excluding hydrogens is 387 g/mol. The lowest BCUT2D eigenvalue weighted by molar-refractivity contribution is 0.587. The smallest absolute Gasteiger partial charge is 0.257 e. The van der Waals surface area contributed by atoms with Crippen LogP contribution in [0.15, 0.2) is 58.0 Å². The van der Waals surface area contributed by atoms with E-state index in [1.807, 2.05) is 0 Å². The molecule has 0 saturated carbocycles. The number of aromatic nitrogens is 2. The van der Waals surface area contributed by atoms with Gasteiger partial charge in [-0.25, -0.2) is 22.8 Å². The van der Waals surface area contributed by atoms with Gasteiger partial charge in [0.15, 0.2) is 0 Å². The summed E-state index contributed by atoms with van der Waals surface area (Å²) in [7, 11) is -3.74. The minimum atomic E-state index is -3.74. The van der Waals surface area contributed by atoms with Gasteiger partial charge >= 0.3 is 0 Å². The van der Waals surface area contributed by atoms with E-state index in [0.29, 0.717) is 15.4 Å². The first kappa shape index (κ1) is 15.8. The molecular formula is C14H10BrFN4O2S. The highest BCUT2D eigenvalue weighted by molar-refractivity contribution is 9.10. The van der Waals surface area contributed by atoms with Crippen LogP contribution in [-0.4, -0.2) is 18.4 Å². The molecule has 0 aliphatic rings. The summed E-state index contributed by atoms with van der Waals surface area (Å²) in [5.41, 5.74) is 2.90. The Labute approximate surface area is 139 Å². The monoisotopic (exact) mass is 396 g/mol. The number of hydrogen-bond acceptors (Lipinski definition) is 5. The van der Waals surface area contributed by atoms with E-state index in [1.54, 1.807) is 18.2 Å². The molecule has 0 atom stereocenters. The summed E-state index contributed by atoms with van der Waals surface area (Å²) in [6.07, 6.45) is 1.40. The van der Waals surface area contributed by atoms with Crippen molar-refractivity contribution in [1.82, 2.24) is 14.8 Å². The first-order chi connectivity index (χ1) is 11.0. The molecule has 0 spiro atoms. The van der Waals surface area contributed by atoms with Crippen LogP contribution in [0.3, 0.4) is 0 Å². The van der Waals surface area contributed by atoms with Gasteiger partial charge in [-0.15, -0.1) is 4.83 Å². The van der Waals surface area contributed by atoms with E-state index in [2.05, 4.69) is 36.2 Å². The minimum absolute atomic E-state index is 0.0457. The molecule has 0 saturated heterocycles. The van der Waals surface area contributed by atoms with Crippen LogP contribution in [0.25, 0.3) is 10.9 Å². The minimum Gasteiger partial charge on any atom is -0.276 e. The molecule has 0 aliphatic heterocycles. The van der Waals surface area contributed by atoms with Gasteiger partial charge in [-0.3, -0.25) is 5.43 Å². The van der Waals surface area contributed by atoms with E-state index in [4.69, 9.17) is 0 Å². The van der Waals surface area contributed by atoms with Crippen LogP contribution >= 0.6 is 15.9 Å². The summed E-state index contributed by atoms with van der Waals surface area (Å²) in [6, 6.07) is 10.4. The van der Waals surface area contributed by atoms with Gasteiger partial charge in [0.1, 0.15) is 5.82 Å². The summed E-state index contributed by atoms with van der Waals surface area (Å²) in [6.45, 7) is 0. The zero-order chi connectivity index (χ0) is 16.4. The van der Waals surface area contributed by atoms with Crippen LogP contribution in [0, 0.1) is 5.82 Å². The Hall–Kier alpha value is -2.10. The van der Waals surface area contributed by atoms with Crippen LogP contribution < -0.4 is 10.3 Å². The first-order valence-electron chi connectivity index (χ1n) is 6.40. The quantitative estimate of drug-likeness (QED) is 0.662. The van der Waals surface area contributed by atoms with Gasteiger partial charge in [0.25, 0.3) is 10.0 Å². The fourth-order valence-electron chi connectivity index (χ4n) is 1.90. The van der Waals surface area contributed by atoms with E-state index >= 15 is 0 Å². The molecule has 118 valence electrons. The predicted molar refractivity (Wildman–Crippen MR) is 87.6 cm³/mol. The van der Waals surface area contributed by atoms with Gasteiger partial charge in [-0.2, -0.15) is 0 Å². The van der Waals surface area contributed by atoms with Crippen molar-refractivity contribution < 1.29 is 12.8 Å². The highest BCUT2D eigenvalue weighted by Crippen LogP contribution is 2.24. The van der Waals surface area contributed by atoms with Gasteiger partial charge < -0.3 is 0 Å². The number of anilines is 1. The summed E-state index contributed by atoms with van der Waals surface area (Å²) in [5, 5.41) is 0.494. The maximum atomic E-state index is 13.3. The van der Waals surface area contributed by atoms with Gasteiger partial charge in [-0.1, -0.05) is 18.2 Å². The third-order valence-corrected chi connectivity index (χ3v) is 4.82. The van der Waals surface area contributed by atoms with E-state index in [0.717, 1.165) is 0 Å². The van der Waals surface area contributed by atoms with Gasteiger partial charge in [0, 0.05) is 16.1 Å². The maximum absolute atomic E-state index is 13.3. The van der Waals surface area contributed by atoms with E-state index in [-0.39, 0.29) is 10.8 Å². The number of fused-ring (bicyclic) bond motifs is 1. The standard InChI is InChI=1S/C14H10BrFN4O2S/c15-12-7-10(16)6-9-8-17-14(18-13(9)12)19-20-23(21,22)11-4-2-1-3-5-11/h1-8,20H,(H,17,18,19). The summed E-state index contributed by atoms with van der Waals surface area (Å²) in [5.74, 6) is -0.372. The average molecular weight is 397 g/mol. The third-order valence-electron chi connectivity index (χ3n) is 2.95. The van der Waals surface area contributed by atoms with Crippen molar-refractivity contribution in [3.05, 3.63) is 59.0 Å². The van der Waals surface area contributed by atoms with E-state index in [1.165, 1.54) is 30.5 Å². The molecule has 0 amide bonds. The average Bonchev–Trinajstić information content (AvgIpc) is 2.54. The van der Waals surface area contributed by atoms with Crippen LogP contribution in [-0.2, 0) is 10.0 Å². The zero-order valence-electron chi connectivity index (χ0n) is 11.5. The van der Waals surface area contributed by atoms with Crippen molar-refractivity contribution in [2.45, 2.75) is 4.90 Å². The van der Waals surface area contributed by atoms with Gasteiger partial charge in [0.2, 0.25) is 5.95 Å². The van der Waals surface area contributed by atoms with Crippen LogP contribution in [0.5, 0.6) is 0 Å². The number of nitrogens with zero attached hydrogens (tertiary/aromatic N) is 2. The van der Waals surface area contributed by atoms with Crippen LogP contribution in [0.4, 0.5) is 10.3 Å². The third kappa shape index (κ3) is 3.46. The normalized spacial score (nSPS) is 11.6. The molecule has 2 aromatic carbocycles. The lowest BCUT2D eigenvalue weighted by Gasteiger charge is -2.09. The molecule has 0 unspecified atom stereocenters. The molecule has 1 heterocycles. The Kier molecular flexibility index (Phi) is 4.24. The Morgan fingerprint density at radius 1 is 1.13 bits per heavy atom. The van der Waals surface area contributed by atoms with Crippen molar-refractivity contribution in [1.29, 1.82) is 0 Å². The second kappa shape index (κ2) is 6.19. The highest BCUT2D eigenvalue weighted by Gasteiger charge is 2.13. The fourth-order valence-corrected chi connectivity index (χ4v) is 3.29. The van der Waals surface area contributed by atoms with Crippen LogP contribution in [0.1, 0.15) is 0 Å². The predicted octanol–water partition coefficient (Wildman–Crippen LogP) is 2.84. The molecule has 9 heteroatoms. The van der Waals surface area contributed by atoms with Crippen molar-refractivity contribution in [3.63, 3.8) is 0 Å². The van der Waals surface area contributed by atoms with Crippen molar-refractivity contribution >= 4 is 42.8 Å². The molecule has 2 N–H and O–H groups in total. The molecule has 3 rings (SSSR count). The second-order valence-electron chi connectivity index (χ2n) is 4.56. The van der Waals surface area contributed by atoms with Crippen molar-refractivity contribution in [3.8, 4) is 0 Å². The molecule has 1 aromatic heterocycles. The molecule has 3 aromatic rings. The Morgan fingerprint density at radius 2 is 1.87 bits per heavy atom. The van der Waals surface area contributed by atoms with E-state index in [9.17, 15) is 12.8 Å². The number of benzene rings is 2. The number of hydrogen-bond donors (Lipinski definition) is 2. The Morgan fingerprint density at radius 3 is 2.61 bits per heavy atom. The highest BCUT2D eigenvalue weighted by atomic mass is 79.9. The number of rotatable bonds is 4. The molecule has 6 nitrogen and oxygen atoms in total. The topological polar surface area (TPSA) is 84.0 Å². The Bertz CT molecular complexity index is 967. The fraction of sp³-hybridized carbons (Fsp3) is 0. The van der Waals surface area contributed by atoms with Crippen LogP contribution in [0.2, 0.25) is 0 Å². The van der Waals surface area contributed by atoms with Gasteiger partial charge in [0.05, 0.1) is 10.4 Å². The molecule has 0 radical (unpaired) electrons. The molecule has 23 heavy (non-hydrogen) atoms. The number of hydrazine groups is 1. The molecule has 0 bridgehead atoms. The van der Waals surface area contributed by atoms with Crippen molar-refractivity contribution in [2.24, 2.45) is 0 Å². The molecule has 0 aliphatic carbocycles. The number of halogens is 2. The van der Waals surface area contributed by atoms with Gasteiger partial charge in [-0.05, 0) is 40.2 Å². The number of sulfonamides is 1. The SMILES string of the molecule is O=S(=O)(NNc1ncc2cc(F)cc(Br)c2n1)c1ccccc1. The second-order valence-corrected chi connectivity index (χ2v) is 7.10. The largest absolute Gasteiger partial charge is 0.276 e. The first-order valence-corrected chi connectivity index (χ1v) is 8.68. The lowest BCUT2D eigenvalue weighted by atomic mass is 10.2. The van der Waals surface area contributed by atoms with E-state index < -0.39 is 15.8 Å². The summed E-state index contributed by atoms with van der Waals surface area (Å²) in [4.78, 5) is 10.4. The maximum Gasteiger partial charge on any atom is 0.257 e. The Balaban J connectivity index is 1.85. The zero-order valence-corrected chi connectivity index (χ0v) is 13.9. The molecule has 0 fully saturated rings. The lowest BCUT2D eigenvalue weighted by Crippen LogP contribution is -2.30. The number of nitrogens with one attached hydrogen (secondary N) is 2.